The molecule has 2 aromatic rings. The van der Waals surface area contributed by atoms with E-state index in [1.54, 1.807) is 6.07 Å². The van der Waals surface area contributed by atoms with Crippen LogP contribution in [0.1, 0.15) is 16.7 Å². The number of hydrogen-bond donors (Lipinski definition) is 1. The van der Waals surface area contributed by atoms with Gasteiger partial charge in [-0.3, -0.25) is 9.69 Å². The summed E-state index contributed by atoms with van der Waals surface area (Å²) in [5.74, 6) is -0.000315. The number of ether oxygens (including phenoxy) is 1. The summed E-state index contributed by atoms with van der Waals surface area (Å²) in [5.41, 5.74) is 3.31. The zero-order valence-corrected chi connectivity index (χ0v) is 15.0. The Bertz CT molecular complexity index is 697. The molecule has 2 aromatic carbocycles. The van der Waals surface area contributed by atoms with Gasteiger partial charge in [0.15, 0.2) is 0 Å². The Labute approximate surface area is 153 Å². The maximum Gasteiger partial charge on any atom is 0.224 e. The molecular formula is C20H23ClN2O2. The Hall–Kier alpha value is -1.88. The van der Waals surface area contributed by atoms with Crippen LogP contribution in [0.5, 0.6) is 0 Å². The number of rotatable bonds is 6. The van der Waals surface area contributed by atoms with E-state index in [0.29, 0.717) is 18.0 Å². The van der Waals surface area contributed by atoms with Crippen LogP contribution in [-0.2, 0) is 29.0 Å². The van der Waals surface area contributed by atoms with Gasteiger partial charge >= 0.3 is 0 Å². The second-order valence-corrected chi connectivity index (χ2v) is 6.72. The normalized spacial score (nSPS) is 15.1. The summed E-state index contributed by atoms with van der Waals surface area (Å²) in [7, 11) is 0. The molecule has 1 aliphatic heterocycles. The van der Waals surface area contributed by atoms with E-state index in [-0.39, 0.29) is 5.91 Å². The Kier molecular flexibility index (Phi) is 6.45. The first-order chi connectivity index (χ1) is 12.2. The molecule has 0 bridgehead atoms. The van der Waals surface area contributed by atoms with Crippen LogP contribution in [0.3, 0.4) is 0 Å². The highest BCUT2D eigenvalue weighted by molar-refractivity contribution is 6.30. The van der Waals surface area contributed by atoms with Gasteiger partial charge in [0, 0.05) is 31.2 Å². The van der Waals surface area contributed by atoms with E-state index >= 15 is 0 Å². The third-order valence-electron chi connectivity index (χ3n) is 4.28. The van der Waals surface area contributed by atoms with E-state index < -0.39 is 0 Å². The van der Waals surface area contributed by atoms with Crippen molar-refractivity contribution in [2.24, 2.45) is 0 Å². The van der Waals surface area contributed by atoms with Gasteiger partial charge in [-0.1, -0.05) is 48.0 Å². The number of carbonyl (C=O) groups is 1. The minimum Gasteiger partial charge on any atom is -0.379 e. The smallest absolute Gasteiger partial charge is 0.224 e. The van der Waals surface area contributed by atoms with Crippen molar-refractivity contribution in [2.45, 2.75) is 19.5 Å². The Morgan fingerprint density at radius 2 is 1.76 bits per heavy atom. The van der Waals surface area contributed by atoms with Gasteiger partial charge in [0.2, 0.25) is 5.91 Å². The molecule has 1 heterocycles. The summed E-state index contributed by atoms with van der Waals surface area (Å²) in [6.45, 7) is 5.10. The number of nitrogens with zero attached hydrogens (tertiary/aromatic N) is 1. The minimum atomic E-state index is -0.000315. The zero-order chi connectivity index (χ0) is 17.5. The third kappa shape index (κ3) is 5.85. The lowest BCUT2D eigenvalue weighted by Gasteiger charge is -2.26. The number of morpholine rings is 1. The van der Waals surface area contributed by atoms with Crippen LogP contribution in [0.2, 0.25) is 5.02 Å². The first kappa shape index (κ1) is 17.9. The topological polar surface area (TPSA) is 41.6 Å². The molecular weight excluding hydrogens is 336 g/mol. The molecule has 0 aliphatic carbocycles. The molecule has 0 unspecified atom stereocenters. The quantitative estimate of drug-likeness (QED) is 0.863. The fourth-order valence-electron chi connectivity index (χ4n) is 2.88. The molecule has 25 heavy (non-hydrogen) atoms. The van der Waals surface area contributed by atoms with Gasteiger partial charge in [0.25, 0.3) is 0 Å². The van der Waals surface area contributed by atoms with Gasteiger partial charge in [-0.05, 0) is 28.8 Å². The molecule has 1 N–H and O–H groups in total. The molecule has 1 fully saturated rings. The Morgan fingerprint density at radius 3 is 2.48 bits per heavy atom. The molecule has 132 valence electrons. The number of hydrogen-bond acceptors (Lipinski definition) is 3. The summed E-state index contributed by atoms with van der Waals surface area (Å²) >= 11 is 5.94. The number of benzene rings is 2. The first-order valence-electron chi connectivity index (χ1n) is 8.58. The maximum absolute atomic E-state index is 12.1. The van der Waals surface area contributed by atoms with E-state index in [0.717, 1.165) is 44.0 Å². The van der Waals surface area contributed by atoms with E-state index in [2.05, 4.69) is 34.5 Å². The molecule has 0 atom stereocenters. The molecule has 1 aliphatic rings. The summed E-state index contributed by atoms with van der Waals surface area (Å²) in [5, 5.41) is 3.61. The van der Waals surface area contributed by atoms with E-state index in [4.69, 9.17) is 16.3 Å². The van der Waals surface area contributed by atoms with E-state index in [9.17, 15) is 4.79 Å². The van der Waals surface area contributed by atoms with Gasteiger partial charge in [-0.2, -0.15) is 0 Å². The largest absolute Gasteiger partial charge is 0.379 e. The molecule has 0 spiro atoms. The molecule has 4 nitrogen and oxygen atoms in total. The standard InChI is InChI=1S/C20H23ClN2O2/c21-19-3-1-2-18(12-19)13-20(24)22-14-16-4-6-17(7-5-16)15-23-8-10-25-11-9-23/h1-7,12H,8-11,13-15H2,(H,22,24). The average molecular weight is 359 g/mol. The van der Waals surface area contributed by atoms with Crippen molar-refractivity contribution in [3.05, 3.63) is 70.2 Å². The van der Waals surface area contributed by atoms with Crippen molar-refractivity contribution in [1.29, 1.82) is 0 Å². The van der Waals surface area contributed by atoms with E-state index in [1.165, 1.54) is 5.56 Å². The Morgan fingerprint density at radius 1 is 1.04 bits per heavy atom. The lowest BCUT2D eigenvalue weighted by Crippen LogP contribution is -2.35. The fraction of sp³-hybridized carbons (Fsp3) is 0.350. The number of nitrogens with one attached hydrogen (secondary N) is 1. The number of halogens is 1. The molecule has 5 heteroatoms. The van der Waals surface area contributed by atoms with E-state index in [1.807, 2.05) is 18.2 Å². The molecule has 1 amide bonds. The van der Waals surface area contributed by atoms with Gasteiger partial charge in [-0.15, -0.1) is 0 Å². The summed E-state index contributed by atoms with van der Waals surface area (Å²) in [6, 6.07) is 15.8. The highest BCUT2D eigenvalue weighted by Crippen LogP contribution is 2.12. The molecule has 3 rings (SSSR count). The van der Waals surface area contributed by atoms with Crippen LogP contribution in [-0.4, -0.2) is 37.1 Å². The van der Waals surface area contributed by atoms with Crippen molar-refractivity contribution in [2.75, 3.05) is 26.3 Å². The van der Waals surface area contributed by atoms with Crippen molar-refractivity contribution >= 4 is 17.5 Å². The van der Waals surface area contributed by atoms with Gasteiger partial charge < -0.3 is 10.1 Å². The predicted molar refractivity (Wildman–Crippen MR) is 99.5 cm³/mol. The van der Waals surface area contributed by atoms with Crippen LogP contribution in [0, 0.1) is 0 Å². The maximum atomic E-state index is 12.1. The lowest BCUT2D eigenvalue weighted by atomic mass is 10.1. The summed E-state index contributed by atoms with van der Waals surface area (Å²) in [4.78, 5) is 14.4. The average Bonchev–Trinajstić information content (AvgIpc) is 2.62. The first-order valence-corrected chi connectivity index (χ1v) is 8.96. The van der Waals surface area contributed by atoms with Gasteiger partial charge in [-0.25, -0.2) is 0 Å². The fourth-order valence-corrected chi connectivity index (χ4v) is 3.09. The highest BCUT2D eigenvalue weighted by atomic mass is 35.5. The second-order valence-electron chi connectivity index (χ2n) is 6.29. The van der Waals surface area contributed by atoms with Crippen LogP contribution < -0.4 is 5.32 Å². The third-order valence-corrected chi connectivity index (χ3v) is 4.51. The van der Waals surface area contributed by atoms with Crippen LogP contribution >= 0.6 is 11.6 Å². The van der Waals surface area contributed by atoms with Gasteiger partial charge in [0.05, 0.1) is 19.6 Å². The van der Waals surface area contributed by atoms with Crippen molar-refractivity contribution in [1.82, 2.24) is 10.2 Å². The van der Waals surface area contributed by atoms with Crippen LogP contribution in [0.15, 0.2) is 48.5 Å². The predicted octanol–water partition coefficient (Wildman–Crippen LogP) is 3.03. The van der Waals surface area contributed by atoms with Crippen LogP contribution in [0.25, 0.3) is 0 Å². The Balaban J connectivity index is 1.45. The minimum absolute atomic E-state index is 0.000315. The number of carbonyl (C=O) groups excluding carboxylic acids is 1. The zero-order valence-electron chi connectivity index (χ0n) is 14.2. The van der Waals surface area contributed by atoms with Crippen molar-refractivity contribution < 1.29 is 9.53 Å². The van der Waals surface area contributed by atoms with Gasteiger partial charge in [0.1, 0.15) is 0 Å². The SMILES string of the molecule is O=C(Cc1cccc(Cl)c1)NCc1ccc(CN2CCOCC2)cc1. The molecule has 0 saturated carbocycles. The molecule has 0 radical (unpaired) electrons. The molecule has 1 saturated heterocycles. The van der Waals surface area contributed by atoms with Crippen molar-refractivity contribution in [3.8, 4) is 0 Å². The summed E-state index contributed by atoms with van der Waals surface area (Å²) < 4.78 is 5.37. The summed E-state index contributed by atoms with van der Waals surface area (Å²) in [6.07, 6.45) is 0.343. The van der Waals surface area contributed by atoms with Crippen molar-refractivity contribution in [3.63, 3.8) is 0 Å². The number of amides is 1. The lowest BCUT2D eigenvalue weighted by molar-refractivity contribution is -0.120. The monoisotopic (exact) mass is 358 g/mol. The molecule has 0 aromatic heterocycles. The van der Waals surface area contributed by atoms with Crippen LogP contribution in [0.4, 0.5) is 0 Å². The highest BCUT2D eigenvalue weighted by Gasteiger charge is 2.10. The second kappa shape index (κ2) is 8.99.